The van der Waals surface area contributed by atoms with E-state index >= 15 is 0 Å². The van der Waals surface area contributed by atoms with Gasteiger partial charge in [0.1, 0.15) is 11.0 Å². The lowest BCUT2D eigenvalue weighted by atomic mass is 10.2. The summed E-state index contributed by atoms with van der Waals surface area (Å²) in [6, 6.07) is 15.2. The van der Waals surface area contributed by atoms with Crippen LogP contribution in [-0.4, -0.2) is 15.8 Å². The first-order valence-electron chi connectivity index (χ1n) is 8.16. The summed E-state index contributed by atoms with van der Waals surface area (Å²) in [5, 5.41) is 0. The molecule has 4 aromatic rings. The van der Waals surface area contributed by atoms with Gasteiger partial charge in [0.25, 0.3) is 0 Å². The fraction of sp³-hybridized carbons (Fsp3) is 0.263. The summed E-state index contributed by atoms with van der Waals surface area (Å²) in [7, 11) is 0. The zero-order valence-electron chi connectivity index (χ0n) is 13.8. The van der Waals surface area contributed by atoms with E-state index < -0.39 is 18.0 Å². The third kappa shape index (κ3) is 2.42. The van der Waals surface area contributed by atoms with Crippen molar-refractivity contribution in [2.45, 2.75) is 31.8 Å². The van der Waals surface area contributed by atoms with Gasteiger partial charge in [0.15, 0.2) is 29.2 Å². The van der Waals surface area contributed by atoms with Crippen LogP contribution in [0.1, 0.15) is 37.8 Å². The third-order valence-electron chi connectivity index (χ3n) is 4.20. The lowest BCUT2D eigenvalue weighted by Crippen LogP contribution is -2.20. The maximum absolute atomic E-state index is 6.05. The molecule has 25 heavy (non-hydrogen) atoms. The van der Waals surface area contributed by atoms with Crippen LogP contribution in [0.25, 0.3) is 22.2 Å². The quantitative estimate of drug-likeness (QED) is 0.535. The summed E-state index contributed by atoms with van der Waals surface area (Å²) >= 11 is 0. The first-order valence-corrected chi connectivity index (χ1v) is 8.16. The van der Waals surface area contributed by atoms with E-state index in [0.29, 0.717) is 22.9 Å². The normalized spacial score (nSPS) is 22.8. The maximum atomic E-state index is 6.05. The fourth-order valence-electron chi connectivity index (χ4n) is 3.15. The van der Waals surface area contributed by atoms with E-state index in [0.717, 1.165) is 11.0 Å². The lowest BCUT2D eigenvalue weighted by Gasteiger charge is -2.15. The molecule has 2 aromatic carbocycles. The largest absolute Gasteiger partial charge is 0.438 e. The first kappa shape index (κ1) is 14.6. The van der Waals surface area contributed by atoms with Gasteiger partial charge in [-0.05, 0) is 38.1 Å². The summed E-state index contributed by atoms with van der Waals surface area (Å²) in [5.41, 5.74) is 2.98. The number of nitrogens with zero attached hydrogens (tertiary/aromatic N) is 2. The minimum atomic E-state index is -0.795. The summed E-state index contributed by atoms with van der Waals surface area (Å²) < 4.78 is 23.9. The molecule has 0 bridgehead atoms. The van der Waals surface area contributed by atoms with Gasteiger partial charge in [-0.1, -0.05) is 24.3 Å². The topological polar surface area (TPSA) is 70.5 Å². The Kier molecular flexibility index (Phi) is 3.01. The van der Waals surface area contributed by atoms with Gasteiger partial charge in [-0.15, -0.1) is 0 Å². The Bertz CT molecular complexity index is 915. The molecular weight excluding hydrogens is 320 g/mol. The second-order valence-corrected chi connectivity index (χ2v) is 6.52. The van der Waals surface area contributed by atoms with Crippen molar-refractivity contribution in [3.8, 4) is 0 Å². The van der Waals surface area contributed by atoms with Gasteiger partial charge in [0.2, 0.25) is 11.8 Å². The Balaban J connectivity index is 1.60. The highest BCUT2D eigenvalue weighted by molar-refractivity contribution is 5.73. The molecule has 0 amide bonds. The van der Waals surface area contributed by atoms with E-state index in [1.807, 2.05) is 62.4 Å². The second-order valence-electron chi connectivity index (χ2n) is 6.52. The maximum Gasteiger partial charge on any atom is 0.228 e. The van der Waals surface area contributed by atoms with Crippen LogP contribution in [0.5, 0.6) is 0 Å². The standard InChI is InChI=1S/C19H16N2O4/c1-19(2)24-15(17-20-11-7-3-5-9-13(11)22-17)16(25-19)18-21-12-8-4-6-10-14(12)23-18/h3-10,15-16H,1-2H3/t15-,16-/m0/s1. The molecule has 3 heterocycles. The molecule has 0 saturated carbocycles. The molecule has 2 atom stereocenters. The summed E-state index contributed by atoms with van der Waals surface area (Å²) in [5.74, 6) is 0.120. The van der Waals surface area contributed by atoms with Crippen molar-refractivity contribution >= 4 is 22.2 Å². The predicted molar refractivity (Wildman–Crippen MR) is 89.7 cm³/mol. The number of ether oxygens (including phenoxy) is 2. The van der Waals surface area contributed by atoms with Crippen molar-refractivity contribution in [2.24, 2.45) is 0 Å². The van der Waals surface area contributed by atoms with Crippen LogP contribution < -0.4 is 0 Å². The lowest BCUT2D eigenvalue weighted by molar-refractivity contribution is -0.150. The van der Waals surface area contributed by atoms with Crippen LogP contribution in [0.4, 0.5) is 0 Å². The van der Waals surface area contributed by atoms with E-state index in [-0.39, 0.29) is 0 Å². The van der Waals surface area contributed by atoms with Crippen molar-refractivity contribution < 1.29 is 18.3 Å². The Hall–Kier alpha value is -2.70. The number of oxazole rings is 2. The van der Waals surface area contributed by atoms with E-state index in [9.17, 15) is 0 Å². The SMILES string of the molecule is CC1(C)O[C@H](c2nc3ccccc3o2)[C@@H](c2nc3ccccc3o2)O1. The van der Waals surface area contributed by atoms with Crippen molar-refractivity contribution in [3.05, 3.63) is 60.3 Å². The molecule has 6 heteroatoms. The number of rotatable bonds is 2. The highest BCUT2D eigenvalue weighted by Gasteiger charge is 2.48. The monoisotopic (exact) mass is 336 g/mol. The molecular formula is C19H16N2O4. The van der Waals surface area contributed by atoms with Gasteiger partial charge in [0.05, 0.1) is 0 Å². The highest BCUT2D eigenvalue weighted by Crippen LogP contribution is 2.47. The van der Waals surface area contributed by atoms with Crippen LogP contribution in [0.3, 0.4) is 0 Å². The molecule has 6 nitrogen and oxygen atoms in total. The van der Waals surface area contributed by atoms with Crippen molar-refractivity contribution in [2.75, 3.05) is 0 Å². The van der Waals surface area contributed by atoms with Gasteiger partial charge in [-0.3, -0.25) is 0 Å². The van der Waals surface area contributed by atoms with Gasteiger partial charge >= 0.3 is 0 Å². The Morgan fingerprint density at radius 3 is 1.60 bits per heavy atom. The van der Waals surface area contributed by atoms with E-state index in [4.69, 9.17) is 18.3 Å². The summed E-state index contributed by atoms with van der Waals surface area (Å²) in [6.45, 7) is 3.70. The summed E-state index contributed by atoms with van der Waals surface area (Å²) in [4.78, 5) is 9.10. The molecule has 0 aliphatic carbocycles. The predicted octanol–water partition coefficient (Wildman–Crippen LogP) is 4.53. The van der Waals surface area contributed by atoms with Gasteiger partial charge < -0.3 is 18.3 Å². The van der Waals surface area contributed by atoms with Gasteiger partial charge in [-0.25, -0.2) is 9.97 Å². The van der Waals surface area contributed by atoms with Crippen molar-refractivity contribution in [1.29, 1.82) is 0 Å². The number of hydrogen-bond acceptors (Lipinski definition) is 6. The third-order valence-corrected chi connectivity index (χ3v) is 4.20. The smallest absolute Gasteiger partial charge is 0.228 e. The van der Waals surface area contributed by atoms with E-state index in [1.165, 1.54) is 0 Å². The molecule has 0 radical (unpaired) electrons. The second kappa shape index (κ2) is 5.15. The highest BCUT2D eigenvalue weighted by atomic mass is 16.8. The molecule has 2 aromatic heterocycles. The number of para-hydroxylation sites is 4. The molecule has 1 saturated heterocycles. The average molecular weight is 336 g/mol. The molecule has 1 fully saturated rings. The Morgan fingerprint density at radius 2 is 1.16 bits per heavy atom. The number of aromatic nitrogens is 2. The van der Waals surface area contributed by atoms with Crippen LogP contribution in [-0.2, 0) is 9.47 Å². The molecule has 126 valence electrons. The molecule has 0 N–H and O–H groups in total. The van der Waals surface area contributed by atoms with Crippen LogP contribution in [0, 0.1) is 0 Å². The van der Waals surface area contributed by atoms with E-state index in [1.54, 1.807) is 0 Å². The Labute approximate surface area is 143 Å². The molecule has 5 rings (SSSR count). The fourth-order valence-corrected chi connectivity index (χ4v) is 3.15. The summed E-state index contributed by atoms with van der Waals surface area (Å²) in [6.07, 6.45) is -1.06. The minimum absolute atomic E-state index is 0.457. The molecule has 0 spiro atoms. The molecule has 1 aliphatic heterocycles. The first-order chi connectivity index (χ1) is 12.1. The number of fused-ring (bicyclic) bond motifs is 2. The molecule has 1 aliphatic rings. The number of hydrogen-bond donors (Lipinski definition) is 0. The van der Waals surface area contributed by atoms with Crippen molar-refractivity contribution in [3.63, 3.8) is 0 Å². The zero-order chi connectivity index (χ0) is 17.0. The minimum Gasteiger partial charge on any atom is -0.438 e. The van der Waals surface area contributed by atoms with Crippen LogP contribution in [0.15, 0.2) is 57.4 Å². The average Bonchev–Trinajstić information content (AvgIpc) is 3.27. The van der Waals surface area contributed by atoms with Crippen molar-refractivity contribution in [1.82, 2.24) is 9.97 Å². The Morgan fingerprint density at radius 1 is 0.720 bits per heavy atom. The molecule has 0 unspecified atom stereocenters. The number of benzene rings is 2. The van der Waals surface area contributed by atoms with Crippen LogP contribution in [0.2, 0.25) is 0 Å². The van der Waals surface area contributed by atoms with E-state index in [2.05, 4.69) is 9.97 Å². The van der Waals surface area contributed by atoms with Gasteiger partial charge in [-0.2, -0.15) is 0 Å². The van der Waals surface area contributed by atoms with Crippen LogP contribution >= 0.6 is 0 Å². The zero-order valence-corrected chi connectivity index (χ0v) is 13.8. The van der Waals surface area contributed by atoms with Gasteiger partial charge in [0, 0.05) is 0 Å².